The summed E-state index contributed by atoms with van der Waals surface area (Å²) < 4.78 is 0. The van der Waals surface area contributed by atoms with E-state index in [1.54, 1.807) is 0 Å². The van der Waals surface area contributed by atoms with Crippen molar-refractivity contribution in [3.8, 4) is 5.75 Å². The second-order valence-corrected chi connectivity index (χ2v) is 9.15. The summed E-state index contributed by atoms with van der Waals surface area (Å²) in [6.45, 7) is 8.51. The maximum atomic E-state index is 10.8. The van der Waals surface area contributed by atoms with E-state index in [-0.39, 0.29) is 0 Å². The molecule has 0 aromatic heterocycles. The number of likely N-dealkylation sites (tertiary alicyclic amines) is 1. The van der Waals surface area contributed by atoms with Crippen LogP contribution in [0.1, 0.15) is 70.4 Å². The number of unbranched alkanes of at least 4 members (excludes halogenated alkanes) is 1. The van der Waals surface area contributed by atoms with E-state index >= 15 is 0 Å². The van der Waals surface area contributed by atoms with Crippen LogP contribution in [0.5, 0.6) is 5.75 Å². The Morgan fingerprint density at radius 2 is 2.13 bits per heavy atom. The maximum Gasteiger partial charge on any atom is 0.120 e. The number of rotatable bonds is 8. The highest BCUT2D eigenvalue weighted by Crippen LogP contribution is 2.33. The molecule has 3 nitrogen and oxygen atoms in total. The van der Waals surface area contributed by atoms with Gasteiger partial charge in [-0.1, -0.05) is 49.6 Å². The van der Waals surface area contributed by atoms with E-state index in [9.17, 15) is 5.11 Å². The highest BCUT2D eigenvalue weighted by Gasteiger charge is 2.21. The number of phenolic OH excluding ortho intramolecular Hbond substituents is 1. The van der Waals surface area contributed by atoms with Crippen molar-refractivity contribution in [2.75, 3.05) is 11.9 Å². The Balaban J connectivity index is 1.85. The molecule has 30 heavy (non-hydrogen) atoms. The molecule has 2 aliphatic rings. The third kappa shape index (κ3) is 5.92. The van der Waals surface area contributed by atoms with Gasteiger partial charge in [-0.15, -0.1) is 0 Å². The average Bonchev–Trinajstić information content (AvgIpc) is 2.75. The molecule has 0 radical (unpaired) electrons. The average molecular weight is 429 g/mol. The monoisotopic (exact) mass is 428 g/mol. The molecule has 0 bridgehead atoms. The van der Waals surface area contributed by atoms with E-state index in [0.717, 1.165) is 55.1 Å². The molecular formula is C26H37ClN2O. The zero-order valence-corrected chi connectivity index (χ0v) is 19.5. The number of aromatic hydroxyl groups is 1. The lowest BCUT2D eigenvalue weighted by Crippen LogP contribution is -2.36. The molecule has 0 spiro atoms. The first-order valence-electron chi connectivity index (χ1n) is 11.6. The summed E-state index contributed by atoms with van der Waals surface area (Å²) in [6, 6.07) is 4.74. The standard InChI is InChI=1S/C26H37ClN2O/c1-4-6-10-21-17-26(30)22(18-29-15-8-7-9-19(29)3)16-25(21)28-24(5-2)20-11-13-23(27)14-12-20/h5,11,13-14,16-17,19-20,28,30H,4,6-10,12,15,18H2,1-3H3/b24-5+/t19?,20-/m1/s1. The van der Waals surface area contributed by atoms with Gasteiger partial charge in [0.15, 0.2) is 0 Å². The van der Waals surface area contributed by atoms with Gasteiger partial charge in [0.2, 0.25) is 0 Å². The zero-order valence-electron chi connectivity index (χ0n) is 18.8. The number of hydrogen-bond acceptors (Lipinski definition) is 3. The van der Waals surface area contributed by atoms with Gasteiger partial charge in [-0.25, -0.2) is 0 Å². The minimum atomic E-state index is 0.302. The first-order valence-corrected chi connectivity index (χ1v) is 12.0. The van der Waals surface area contributed by atoms with Crippen molar-refractivity contribution in [2.45, 2.75) is 78.3 Å². The predicted molar refractivity (Wildman–Crippen MR) is 129 cm³/mol. The highest BCUT2D eigenvalue weighted by atomic mass is 35.5. The first-order chi connectivity index (χ1) is 14.5. The van der Waals surface area contributed by atoms with Crippen molar-refractivity contribution in [3.63, 3.8) is 0 Å². The van der Waals surface area contributed by atoms with Crippen LogP contribution in [0.4, 0.5) is 5.69 Å². The Labute approximate surface area is 187 Å². The van der Waals surface area contributed by atoms with E-state index < -0.39 is 0 Å². The van der Waals surface area contributed by atoms with Gasteiger partial charge in [-0.2, -0.15) is 0 Å². The summed E-state index contributed by atoms with van der Waals surface area (Å²) in [5.41, 5.74) is 4.53. The van der Waals surface area contributed by atoms with Crippen molar-refractivity contribution in [3.05, 3.63) is 58.3 Å². The molecule has 1 aromatic rings. The Kier molecular flexibility index (Phi) is 8.47. The van der Waals surface area contributed by atoms with Crippen LogP contribution in [0, 0.1) is 5.92 Å². The summed E-state index contributed by atoms with van der Waals surface area (Å²) >= 11 is 6.12. The fourth-order valence-corrected chi connectivity index (χ4v) is 4.63. The van der Waals surface area contributed by atoms with Crippen molar-refractivity contribution >= 4 is 17.3 Å². The Hall–Kier alpha value is -1.71. The van der Waals surface area contributed by atoms with Crippen LogP contribution in [0.3, 0.4) is 0 Å². The van der Waals surface area contributed by atoms with Crippen molar-refractivity contribution in [1.82, 2.24) is 4.90 Å². The van der Waals surface area contributed by atoms with Crippen molar-refractivity contribution < 1.29 is 5.11 Å². The van der Waals surface area contributed by atoms with E-state index in [1.807, 2.05) is 12.1 Å². The third-order valence-corrected chi connectivity index (χ3v) is 6.74. The molecule has 2 N–H and O–H groups in total. The van der Waals surface area contributed by atoms with E-state index in [2.05, 4.69) is 55.3 Å². The fraction of sp³-hybridized carbons (Fsp3) is 0.538. The van der Waals surface area contributed by atoms with E-state index in [0.29, 0.717) is 17.7 Å². The highest BCUT2D eigenvalue weighted by molar-refractivity contribution is 6.31. The summed E-state index contributed by atoms with van der Waals surface area (Å²) in [4.78, 5) is 2.50. The zero-order chi connectivity index (χ0) is 21.5. The minimum Gasteiger partial charge on any atom is -0.508 e. The molecule has 2 atom stereocenters. The molecule has 1 fully saturated rings. The molecule has 1 unspecified atom stereocenters. The Morgan fingerprint density at radius 1 is 1.30 bits per heavy atom. The van der Waals surface area contributed by atoms with Gasteiger partial charge in [-0.05, 0) is 76.3 Å². The van der Waals surface area contributed by atoms with Crippen LogP contribution in [0.2, 0.25) is 0 Å². The molecule has 4 heteroatoms. The lowest BCUT2D eigenvalue weighted by atomic mass is 9.95. The van der Waals surface area contributed by atoms with Gasteiger partial charge in [0.1, 0.15) is 5.75 Å². The molecule has 1 aliphatic carbocycles. The van der Waals surface area contributed by atoms with Gasteiger partial charge in [-0.3, -0.25) is 4.90 Å². The van der Waals surface area contributed by atoms with Gasteiger partial charge in [0, 0.05) is 40.5 Å². The Bertz CT molecular complexity index is 811. The third-order valence-electron chi connectivity index (χ3n) is 6.46. The number of phenols is 1. The van der Waals surface area contributed by atoms with E-state index in [1.165, 1.54) is 30.5 Å². The number of aryl methyl sites for hydroxylation is 1. The smallest absolute Gasteiger partial charge is 0.120 e. The number of anilines is 1. The number of nitrogens with zero attached hydrogens (tertiary/aromatic N) is 1. The molecule has 1 heterocycles. The first kappa shape index (κ1) is 23.0. The maximum absolute atomic E-state index is 10.8. The van der Waals surface area contributed by atoms with Crippen molar-refractivity contribution in [2.24, 2.45) is 5.92 Å². The summed E-state index contributed by atoms with van der Waals surface area (Å²) in [6.07, 6.45) is 16.3. The lowest BCUT2D eigenvalue weighted by molar-refractivity contribution is 0.151. The lowest BCUT2D eigenvalue weighted by Gasteiger charge is -2.33. The number of piperidine rings is 1. The molecule has 3 rings (SSSR count). The van der Waals surface area contributed by atoms with Gasteiger partial charge in [0.05, 0.1) is 0 Å². The number of halogens is 1. The van der Waals surface area contributed by atoms with E-state index in [4.69, 9.17) is 11.6 Å². The van der Waals surface area contributed by atoms with Crippen LogP contribution in [0.15, 0.2) is 47.2 Å². The van der Waals surface area contributed by atoms with Crippen LogP contribution in [0.25, 0.3) is 0 Å². The van der Waals surface area contributed by atoms with Crippen LogP contribution in [-0.4, -0.2) is 22.6 Å². The van der Waals surface area contributed by atoms with Gasteiger partial charge < -0.3 is 10.4 Å². The molecule has 0 amide bonds. The number of benzene rings is 1. The molecule has 1 aromatic carbocycles. The number of allylic oxidation sites excluding steroid dienone is 5. The number of hydrogen-bond donors (Lipinski definition) is 2. The molecule has 1 saturated heterocycles. The summed E-state index contributed by atoms with van der Waals surface area (Å²) in [5.74, 6) is 0.731. The largest absolute Gasteiger partial charge is 0.508 e. The second kappa shape index (κ2) is 11.1. The molecule has 1 aliphatic heterocycles. The Morgan fingerprint density at radius 3 is 2.80 bits per heavy atom. The molecule has 164 valence electrons. The molecule has 0 saturated carbocycles. The van der Waals surface area contributed by atoms with Gasteiger partial charge >= 0.3 is 0 Å². The second-order valence-electron chi connectivity index (χ2n) is 8.72. The van der Waals surface area contributed by atoms with Gasteiger partial charge in [0.25, 0.3) is 0 Å². The summed E-state index contributed by atoms with van der Waals surface area (Å²) in [5, 5.41) is 15.3. The normalized spacial score (nSPS) is 22.8. The van der Waals surface area contributed by atoms with Crippen LogP contribution < -0.4 is 5.32 Å². The predicted octanol–water partition coefficient (Wildman–Crippen LogP) is 7.12. The summed E-state index contributed by atoms with van der Waals surface area (Å²) in [7, 11) is 0. The topological polar surface area (TPSA) is 35.5 Å². The quantitative estimate of drug-likeness (QED) is 0.432. The molecular weight excluding hydrogens is 392 g/mol. The number of nitrogens with one attached hydrogen (secondary N) is 1. The van der Waals surface area contributed by atoms with Crippen LogP contribution >= 0.6 is 11.6 Å². The minimum absolute atomic E-state index is 0.302. The SMILES string of the molecule is C/C=C(/Nc1cc(CN2CCCCC2C)c(O)cc1CCCC)[C@@H]1C=CC(Cl)=CC1. The van der Waals surface area contributed by atoms with Crippen LogP contribution in [-0.2, 0) is 13.0 Å². The van der Waals surface area contributed by atoms with Crippen molar-refractivity contribution in [1.29, 1.82) is 0 Å². The fourth-order valence-electron chi connectivity index (χ4n) is 4.46.